The highest BCUT2D eigenvalue weighted by atomic mass is 32.2. The summed E-state index contributed by atoms with van der Waals surface area (Å²) in [6, 6.07) is 0. The molecule has 0 saturated heterocycles. The van der Waals surface area contributed by atoms with Crippen LogP contribution in [0, 0.1) is 0 Å². The molecule has 18 heavy (non-hydrogen) atoms. The first-order valence-corrected chi connectivity index (χ1v) is 7.80. The lowest BCUT2D eigenvalue weighted by atomic mass is 10.2. The van der Waals surface area contributed by atoms with Crippen LogP contribution in [0.15, 0.2) is 5.16 Å². The highest BCUT2D eigenvalue weighted by molar-refractivity contribution is 7.99. The molecule has 0 unspecified atom stereocenters. The van der Waals surface area contributed by atoms with Gasteiger partial charge in [0, 0.05) is 25.1 Å². The topological polar surface area (TPSA) is 47.8 Å². The number of nitrogens with zero attached hydrogens (tertiary/aromatic N) is 3. The van der Waals surface area contributed by atoms with E-state index in [4.69, 9.17) is 0 Å². The molecule has 1 aliphatic heterocycles. The molecule has 0 atom stereocenters. The van der Waals surface area contributed by atoms with Crippen LogP contribution in [0.4, 0.5) is 0 Å². The number of ketones is 1. The van der Waals surface area contributed by atoms with Crippen molar-refractivity contribution in [2.75, 3.05) is 5.75 Å². The monoisotopic (exact) mass is 267 g/mol. The van der Waals surface area contributed by atoms with Crippen molar-refractivity contribution in [3.05, 3.63) is 5.82 Å². The fourth-order valence-corrected chi connectivity index (χ4v) is 3.19. The number of unbranched alkanes of at least 4 members (excludes halogenated alkanes) is 1. The number of carbonyl (C=O) groups excluding carboxylic acids is 1. The van der Waals surface area contributed by atoms with Crippen LogP contribution < -0.4 is 0 Å². The lowest BCUT2D eigenvalue weighted by Gasteiger charge is -2.05. The second kappa shape index (κ2) is 6.92. The third-order valence-electron chi connectivity index (χ3n) is 3.23. The molecular weight excluding hydrogens is 246 g/mol. The summed E-state index contributed by atoms with van der Waals surface area (Å²) in [5.74, 6) is 2.47. The summed E-state index contributed by atoms with van der Waals surface area (Å²) >= 11 is 1.78. The predicted molar refractivity (Wildman–Crippen MR) is 72.8 cm³/mol. The molecule has 0 bridgehead atoms. The van der Waals surface area contributed by atoms with Crippen LogP contribution in [-0.2, 0) is 17.8 Å². The van der Waals surface area contributed by atoms with E-state index in [1.807, 2.05) is 0 Å². The van der Waals surface area contributed by atoms with Gasteiger partial charge in [0.1, 0.15) is 11.6 Å². The Kier molecular flexibility index (Phi) is 5.23. The van der Waals surface area contributed by atoms with Crippen LogP contribution in [0.2, 0.25) is 0 Å². The Morgan fingerprint density at radius 3 is 3.00 bits per heavy atom. The van der Waals surface area contributed by atoms with Gasteiger partial charge in [0.15, 0.2) is 5.16 Å². The Hall–Kier alpha value is -0.840. The van der Waals surface area contributed by atoms with Crippen LogP contribution >= 0.6 is 11.8 Å². The van der Waals surface area contributed by atoms with E-state index in [0.29, 0.717) is 6.42 Å². The van der Waals surface area contributed by atoms with Crippen LogP contribution in [0.25, 0.3) is 0 Å². The normalized spacial score (nSPS) is 15.2. The standard InChI is InChI=1S/C13H21N3OS/c1-11(17)7-4-6-10-18-13-15-14-12-8-3-2-5-9-16(12)13/h2-10H2,1H3. The van der Waals surface area contributed by atoms with Crippen molar-refractivity contribution in [2.24, 2.45) is 0 Å². The summed E-state index contributed by atoms with van der Waals surface area (Å²) in [5, 5.41) is 9.63. The molecule has 1 aromatic heterocycles. The van der Waals surface area contributed by atoms with Crippen molar-refractivity contribution >= 4 is 17.5 Å². The van der Waals surface area contributed by atoms with Gasteiger partial charge in [-0.05, 0) is 32.6 Å². The van der Waals surface area contributed by atoms with Crippen LogP contribution in [-0.4, -0.2) is 26.3 Å². The molecule has 0 aromatic carbocycles. The van der Waals surface area contributed by atoms with E-state index < -0.39 is 0 Å². The molecule has 1 aliphatic rings. The average molecular weight is 267 g/mol. The van der Waals surface area contributed by atoms with Gasteiger partial charge in [-0.15, -0.1) is 10.2 Å². The third kappa shape index (κ3) is 3.83. The molecule has 1 aromatic rings. The van der Waals surface area contributed by atoms with Crippen molar-refractivity contribution in [3.8, 4) is 0 Å². The van der Waals surface area contributed by atoms with Gasteiger partial charge < -0.3 is 9.36 Å². The molecule has 2 heterocycles. The summed E-state index contributed by atoms with van der Waals surface area (Å²) in [7, 11) is 0. The second-order valence-electron chi connectivity index (χ2n) is 4.87. The molecule has 0 spiro atoms. The highest BCUT2D eigenvalue weighted by Gasteiger charge is 2.14. The highest BCUT2D eigenvalue weighted by Crippen LogP contribution is 2.22. The number of carbonyl (C=O) groups is 1. The van der Waals surface area contributed by atoms with Gasteiger partial charge in [-0.25, -0.2) is 0 Å². The van der Waals surface area contributed by atoms with Gasteiger partial charge in [-0.2, -0.15) is 0 Å². The Labute approximate surface area is 113 Å². The minimum atomic E-state index is 0.288. The average Bonchev–Trinajstić information content (AvgIpc) is 2.58. The molecule has 100 valence electrons. The number of hydrogen-bond donors (Lipinski definition) is 0. The fraction of sp³-hybridized carbons (Fsp3) is 0.769. The molecule has 5 heteroatoms. The Balaban J connectivity index is 1.79. The van der Waals surface area contributed by atoms with E-state index >= 15 is 0 Å². The van der Waals surface area contributed by atoms with E-state index in [0.717, 1.165) is 42.5 Å². The van der Waals surface area contributed by atoms with E-state index in [2.05, 4.69) is 14.8 Å². The number of aryl methyl sites for hydroxylation is 1. The number of rotatable bonds is 6. The number of aromatic nitrogens is 3. The number of thioether (sulfide) groups is 1. The van der Waals surface area contributed by atoms with E-state index in [9.17, 15) is 4.79 Å². The molecule has 0 saturated carbocycles. The van der Waals surface area contributed by atoms with Crippen molar-refractivity contribution in [1.82, 2.24) is 14.8 Å². The van der Waals surface area contributed by atoms with E-state index in [1.54, 1.807) is 18.7 Å². The molecule has 0 fully saturated rings. The maximum Gasteiger partial charge on any atom is 0.191 e. The Morgan fingerprint density at radius 1 is 1.28 bits per heavy atom. The first-order valence-electron chi connectivity index (χ1n) is 6.81. The summed E-state index contributed by atoms with van der Waals surface area (Å²) in [6.45, 7) is 2.73. The van der Waals surface area contributed by atoms with Crippen molar-refractivity contribution < 1.29 is 4.79 Å². The van der Waals surface area contributed by atoms with Crippen LogP contribution in [0.1, 0.15) is 51.3 Å². The van der Waals surface area contributed by atoms with Crippen molar-refractivity contribution in [1.29, 1.82) is 0 Å². The predicted octanol–water partition coefficient (Wildman–Crippen LogP) is 2.86. The minimum absolute atomic E-state index is 0.288. The second-order valence-corrected chi connectivity index (χ2v) is 5.93. The number of fused-ring (bicyclic) bond motifs is 1. The zero-order valence-electron chi connectivity index (χ0n) is 11.0. The molecule has 0 aliphatic carbocycles. The lowest BCUT2D eigenvalue weighted by Crippen LogP contribution is -2.02. The Morgan fingerprint density at radius 2 is 2.17 bits per heavy atom. The van der Waals surface area contributed by atoms with E-state index in [-0.39, 0.29) is 5.78 Å². The maximum absolute atomic E-state index is 10.8. The largest absolute Gasteiger partial charge is 0.306 e. The van der Waals surface area contributed by atoms with Gasteiger partial charge in [0.25, 0.3) is 0 Å². The quantitative estimate of drug-likeness (QED) is 0.587. The summed E-state index contributed by atoms with van der Waals surface area (Å²) < 4.78 is 2.28. The molecule has 2 rings (SSSR count). The summed E-state index contributed by atoms with van der Waals surface area (Å²) in [5.41, 5.74) is 0. The lowest BCUT2D eigenvalue weighted by molar-refractivity contribution is -0.117. The molecule has 0 N–H and O–H groups in total. The van der Waals surface area contributed by atoms with Crippen molar-refractivity contribution in [2.45, 2.75) is 63.6 Å². The maximum atomic E-state index is 10.8. The smallest absolute Gasteiger partial charge is 0.191 e. The van der Waals surface area contributed by atoms with Gasteiger partial charge >= 0.3 is 0 Å². The minimum Gasteiger partial charge on any atom is -0.306 e. The zero-order chi connectivity index (χ0) is 12.8. The zero-order valence-corrected chi connectivity index (χ0v) is 11.8. The number of hydrogen-bond acceptors (Lipinski definition) is 4. The first kappa shape index (κ1) is 13.6. The molecule has 4 nitrogen and oxygen atoms in total. The van der Waals surface area contributed by atoms with Crippen LogP contribution in [0.3, 0.4) is 0 Å². The number of Topliss-reactive ketones (excluding diaryl/α,β-unsaturated/α-hetero) is 1. The molecular formula is C13H21N3OS. The molecule has 0 amide bonds. The SMILES string of the molecule is CC(=O)CCCCSc1nnc2n1CCCCC2. The first-order chi connectivity index (χ1) is 8.77. The third-order valence-corrected chi connectivity index (χ3v) is 4.28. The van der Waals surface area contributed by atoms with Gasteiger partial charge in [-0.3, -0.25) is 0 Å². The van der Waals surface area contributed by atoms with E-state index in [1.165, 1.54) is 19.3 Å². The Bertz CT molecular complexity index is 403. The summed E-state index contributed by atoms with van der Waals surface area (Å²) in [6.07, 6.45) is 7.61. The fourth-order valence-electron chi connectivity index (χ4n) is 2.20. The van der Waals surface area contributed by atoms with Gasteiger partial charge in [-0.1, -0.05) is 18.2 Å². The van der Waals surface area contributed by atoms with Gasteiger partial charge in [0.2, 0.25) is 0 Å². The van der Waals surface area contributed by atoms with Crippen molar-refractivity contribution in [3.63, 3.8) is 0 Å². The molecule has 0 radical (unpaired) electrons. The van der Waals surface area contributed by atoms with Crippen LogP contribution in [0.5, 0.6) is 0 Å². The summed E-state index contributed by atoms with van der Waals surface area (Å²) in [4.78, 5) is 10.8. The van der Waals surface area contributed by atoms with Gasteiger partial charge in [0.05, 0.1) is 0 Å².